The lowest BCUT2D eigenvalue weighted by molar-refractivity contribution is 0.0228. The number of benzene rings is 1. The first-order chi connectivity index (χ1) is 16.2. The molecule has 1 aromatic carbocycles. The topological polar surface area (TPSA) is 78.1 Å². The Morgan fingerprint density at radius 3 is 2.45 bits per heavy atom. The van der Waals surface area contributed by atoms with Crippen LogP contribution in [0.25, 0.3) is 0 Å². The van der Waals surface area contributed by atoms with Crippen molar-refractivity contribution in [3.63, 3.8) is 0 Å². The Morgan fingerprint density at radius 1 is 1.00 bits per heavy atom. The number of rotatable bonds is 12. The van der Waals surface area contributed by atoms with Gasteiger partial charge in [0.2, 0.25) is 0 Å². The van der Waals surface area contributed by atoms with Crippen LogP contribution in [0.5, 0.6) is 5.75 Å². The molecule has 6 heteroatoms. The Labute approximate surface area is 195 Å². The molecular weight excluding hydrogens is 420 g/mol. The van der Waals surface area contributed by atoms with Gasteiger partial charge in [-0.15, -0.1) is 0 Å². The third-order valence-corrected chi connectivity index (χ3v) is 6.84. The van der Waals surface area contributed by atoms with Crippen molar-refractivity contribution in [2.24, 2.45) is 5.92 Å². The monoisotopic (exact) mass is 456 g/mol. The summed E-state index contributed by atoms with van der Waals surface area (Å²) in [5.41, 5.74) is 1.98. The fourth-order valence-corrected chi connectivity index (χ4v) is 4.99. The Bertz CT molecular complexity index is 934. The van der Waals surface area contributed by atoms with Crippen molar-refractivity contribution in [2.45, 2.75) is 56.8 Å². The molecule has 0 saturated heterocycles. The number of methoxy groups -OCH3 is 1. The van der Waals surface area contributed by atoms with Crippen LogP contribution in [-0.2, 0) is 20.6 Å². The zero-order chi connectivity index (χ0) is 23.0. The molecular formula is C27H36O6. The maximum absolute atomic E-state index is 13.2. The summed E-state index contributed by atoms with van der Waals surface area (Å²) >= 11 is 0. The van der Waals surface area contributed by atoms with Crippen molar-refractivity contribution in [1.29, 1.82) is 0 Å². The molecule has 0 amide bonds. The van der Waals surface area contributed by atoms with Gasteiger partial charge in [0.1, 0.15) is 11.5 Å². The van der Waals surface area contributed by atoms with E-state index < -0.39 is 0 Å². The second-order valence-corrected chi connectivity index (χ2v) is 9.17. The smallest absolute Gasteiger partial charge is 0.343 e. The first-order valence-electron chi connectivity index (χ1n) is 12.3. The summed E-state index contributed by atoms with van der Waals surface area (Å²) in [5, 5.41) is 11.4. The van der Waals surface area contributed by atoms with Gasteiger partial charge in [0, 0.05) is 31.1 Å². The Morgan fingerprint density at radius 2 is 1.73 bits per heavy atom. The minimum Gasteiger partial charge on any atom is -0.507 e. The van der Waals surface area contributed by atoms with Crippen LogP contribution in [0.2, 0.25) is 0 Å². The normalized spacial score (nSPS) is 19.1. The molecule has 2 aromatic rings. The van der Waals surface area contributed by atoms with Crippen LogP contribution in [0.1, 0.15) is 72.8 Å². The minimum absolute atomic E-state index is 0.0839. The van der Waals surface area contributed by atoms with Crippen molar-refractivity contribution < 1.29 is 23.7 Å². The molecule has 2 aliphatic carbocycles. The van der Waals surface area contributed by atoms with Crippen molar-refractivity contribution in [3.8, 4) is 5.75 Å². The molecule has 2 aliphatic rings. The first kappa shape index (κ1) is 24.0. The number of fused-ring (bicyclic) bond motifs is 1. The summed E-state index contributed by atoms with van der Waals surface area (Å²) in [5.74, 6) is 1.21. The van der Waals surface area contributed by atoms with Gasteiger partial charge in [-0.3, -0.25) is 0 Å². The van der Waals surface area contributed by atoms with Crippen LogP contribution >= 0.6 is 0 Å². The summed E-state index contributed by atoms with van der Waals surface area (Å²) in [6.45, 7) is 2.77. The molecule has 1 fully saturated rings. The number of ether oxygens (including phenoxy) is 3. The highest BCUT2D eigenvalue weighted by atomic mass is 16.5. The molecule has 6 nitrogen and oxygen atoms in total. The van der Waals surface area contributed by atoms with Gasteiger partial charge in [-0.2, -0.15) is 0 Å². The highest BCUT2D eigenvalue weighted by molar-refractivity contribution is 5.47. The van der Waals surface area contributed by atoms with Crippen molar-refractivity contribution in [3.05, 3.63) is 63.2 Å². The van der Waals surface area contributed by atoms with E-state index >= 15 is 0 Å². The quantitative estimate of drug-likeness (QED) is 0.366. The summed E-state index contributed by atoms with van der Waals surface area (Å²) in [6, 6.07) is 10.1. The summed E-state index contributed by atoms with van der Waals surface area (Å²) < 4.78 is 22.1. The molecule has 2 atom stereocenters. The van der Waals surface area contributed by atoms with E-state index in [2.05, 4.69) is 0 Å². The van der Waals surface area contributed by atoms with E-state index in [4.69, 9.17) is 18.6 Å². The van der Waals surface area contributed by atoms with Crippen LogP contribution in [0, 0.1) is 5.92 Å². The maximum atomic E-state index is 13.2. The van der Waals surface area contributed by atoms with E-state index in [-0.39, 0.29) is 23.2 Å². The number of hydrogen-bond donors (Lipinski definition) is 1. The molecule has 1 N–H and O–H groups in total. The molecule has 1 saturated carbocycles. The zero-order valence-electron chi connectivity index (χ0n) is 19.6. The first-order valence-corrected chi connectivity index (χ1v) is 12.3. The van der Waals surface area contributed by atoms with Gasteiger partial charge in [0.15, 0.2) is 0 Å². The van der Waals surface area contributed by atoms with E-state index in [0.29, 0.717) is 50.3 Å². The third-order valence-electron chi connectivity index (χ3n) is 6.84. The molecule has 180 valence electrons. The van der Waals surface area contributed by atoms with Crippen LogP contribution in [0.3, 0.4) is 0 Å². The molecule has 0 aliphatic heterocycles. The number of hydrogen-bond acceptors (Lipinski definition) is 6. The van der Waals surface area contributed by atoms with Gasteiger partial charge in [-0.25, -0.2) is 4.79 Å². The summed E-state index contributed by atoms with van der Waals surface area (Å²) in [7, 11) is 1.65. The second-order valence-electron chi connectivity index (χ2n) is 9.17. The summed E-state index contributed by atoms with van der Waals surface area (Å²) in [4.78, 5) is 13.2. The highest BCUT2D eigenvalue weighted by Gasteiger charge is 2.39. The molecule has 4 rings (SSSR count). The number of aromatic hydroxyl groups is 1. The van der Waals surface area contributed by atoms with E-state index in [1.165, 1.54) is 0 Å². The van der Waals surface area contributed by atoms with Crippen LogP contribution in [0.4, 0.5) is 0 Å². The summed E-state index contributed by atoms with van der Waals surface area (Å²) in [6.07, 6.45) is 6.62. The largest absolute Gasteiger partial charge is 0.507 e. The highest BCUT2D eigenvalue weighted by Crippen LogP contribution is 2.49. The SMILES string of the molecule is COCCOCCOCCC1CCCCc2c1oc(=O)c(C(c1ccccc1)C1CC1)c2O. The molecule has 33 heavy (non-hydrogen) atoms. The molecule has 1 heterocycles. The average Bonchev–Trinajstić information content (AvgIpc) is 3.67. The molecule has 0 bridgehead atoms. The predicted molar refractivity (Wildman–Crippen MR) is 126 cm³/mol. The van der Waals surface area contributed by atoms with Crippen LogP contribution in [-0.4, -0.2) is 45.3 Å². The Kier molecular flexibility index (Phi) is 8.59. The molecule has 0 spiro atoms. The van der Waals surface area contributed by atoms with E-state index in [1.807, 2.05) is 30.3 Å². The van der Waals surface area contributed by atoms with Gasteiger partial charge in [0.05, 0.1) is 32.0 Å². The minimum atomic E-state index is -0.383. The van der Waals surface area contributed by atoms with Gasteiger partial charge in [0.25, 0.3) is 0 Å². The van der Waals surface area contributed by atoms with Gasteiger partial charge in [-0.1, -0.05) is 36.8 Å². The van der Waals surface area contributed by atoms with Crippen LogP contribution in [0.15, 0.2) is 39.5 Å². The standard InChI is InChI=1S/C27H36O6/c1-30-15-16-32-18-17-31-14-13-21-9-5-6-10-22-25(28)24(27(29)33-26(21)22)23(20-11-12-20)19-7-3-2-4-8-19/h2-4,7-8,20-21,23,28H,5-6,9-18H2,1H3. The van der Waals surface area contributed by atoms with Crippen LogP contribution < -0.4 is 5.63 Å². The zero-order valence-corrected chi connectivity index (χ0v) is 19.6. The van der Waals surface area contributed by atoms with Crippen molar-refractivity contribution >= 4 is 0 Å². The molecule has 1 aromatic heterocycles. The maximum Gasteiger partial charge on any atom is 0.343 e. The molecule has 0 radical (unpaired) electrons. The Balaban J connectivity index is 1.49. The van der Waals surface area contributed by atoms with Crippen molar-refractivity contribution in [1.82, 2.24) is 0 Å². The predicted octanol–water partition coefficient (Wildman–Crippen LogP) is 4.77. The van der Waals surface area contributed by atoms with E-state index in [1.54, 1.807) is 7.11 Å². The van der Waals surface area contributed by atoms with Crippen molar-refractivity contribution in [2.75, 3.05) is 40.1 Å². The van der Waals surface area contributed by atoms with Gasteiger partial charge in [-0.05, 0) is 50.0 Å². The van der Waals surface area contributed by atoms with Gasteiger partial charge < -0.3 is 23.7 Å². The lowest BCUT2D eigenvalue weighted by atomic mass is 9.85. The van der Waals surface area contributed by atoms with Gasteiger partial charge >= 0.3 is 5.63 Å². The second kappa shape index (κ2) is 11.8. The third kappa shape index (κ3) is 6.05. The lowest BCUT2D eigenvalue weighted by Gasteiger charge is -2.22. The average molecular weight is 457 g/mol. The van der Waals surface area contributed by atoms with E-state index in [9.17, 15) is 9.90 Å². The lowest BCUT2D eigenvalue weighted by Crippen LogP contribution is -2.19. The van der Waals surface area contributed by atoms with E-state index in [0.717, 1.165) is 56.1 Å². The Hall–Kier alpha value is -2.15. The fraction of sp³-hybridized carbons (Fsp3) is 0.593. The fourth-order valence-electron chi connectivity index (χ4n) is 4.99. The molecule has 2 unspecified atom stereocenters.